The Kier molecular flexibility index (Phi) is 4.28. The first-order chi connectivity index (χ1) is 7.65. The average molecular weight is 222 g/mol. The Morgan fingerprint density at radius 3 is 2.75 bits per heavy atom. The number of rotatable bonds is 5. The summed E-state index contributed by atoms with van der Waals surface area (Å²) >= 11 is 0. The van der Waals surface area contributed by atoms with Crippen LogP contribution in [0.3, 0.4) is 0 Å². The zero-order valence-electron chi connectivity index (χ0n) is 8.72. The van der Waals surface area contributed by atoms with Crippen molar-refractivity contribution in [1.82, 2.24) is 0 Å². The number of hydrogen-bond acceptors (Lipinski definition) is 5. The number of hydrogen-bond donors (Lipinski definition) is 3. The lowest BCUT2D eigenvalue weighted by Gasteiger charge is -2.04. The van der Waals surface area contributed by atoms with E-state index in [1.54, 1.807) is 6.07 Å². The summed E-state index contributed by atoms with van der Waals surface area (Å²) in [6.45, 7) is 1.10. The molecule has 0 unspecified atom stereocenters. The SMILES string of the molecule is NC/C=C/CNc1ccc([N+](=O)[O-])c(N)c1. The summed E-state index contributed by atoms with van der Waals surface area (Å²) in [6, 6.07) is 4.53. The minimum atomic E-state index is -0.507. The number of anilines is 2. The zero-order chi connectivity index (χ0) is 12.0. The highest BCUT2D eigenvalue weighted by atomic mass is 16.6. The third-order valence-corrected chi connectivity index (χ3v) is 1.95. The standard InChI is InChI=1S/C10H14N4O2/c11-5-1-2-6-13-8-3-4-10(14(15)16)9(12)7-8/h1-4,7,13H,5-6,11-12H2/b2-1+. The van der Waals surface area contributed by atoms with E-state index in [4.69, 9.17) is 11.5 Å². The fourth-order valence-electron chi connectivity index (χ4n) is 1.19. The average Bonchev–Trinajstić information content (AvgIpc) is 2.24. The third-order valence-electron chi connectivity index (χ3n) is 1.95. The number of benzene rings is 1. The molecule has 86 valence electrons. The molecule has 0 aliphatic carbocycles. The van der Waals surface area contributed by atoms with E-state index < -0.39 is 4.92 Å². The molecule has 0 saturated heterocycles. The van der Waals surface area contributed by atoms with Crippen molar-refractivity contribution < 1.29 is 4.92 Å². The molecule has 0 spiro atoms. The second-order valence-electron chi connectivity index (χ2n) is 3.12. The molecule has 16 heavy (non-hydrogen) atoms. The zero-order valence-corrected chi connectivity index (χ0v) is 8.72. The van der Waals surface area contributed by atoms with Crippen LogP contribution in [-0.2, 0) is 0 Å². The number of nitro benzene ring substituents is 1. The van der Waals surface area contributed by atoms with Crippen molar-refractivity contribution in [2.24, 2.45) is 5.73 Å². The molecule has 0 heterocycles. The van der Waals surface area contributed by atoms with Crippen LogP contribution >= 0.6 is 0 Å². The van der Waals surface area contributed by atoms with Crippen LogP contribution in [0.2, 0.25) is 0 Å². The maximum Gasteiger partial charge on any atom is 0.292 e. The first kappa shape index (κ1) is 12.0. The van der Waals surface area contributed by atoms with Crippen molar-refractivity contribution in [3.8, 4) is 0 Å². The molecule has 6 nitrogen and oxygen atoms in total. The highest BCUT2D eigenvalue weighted by Gasteiger charge is 2.10. The molecule has 0 aliphatic rings. The number of nitrogens with zero attached hydrogens (tertiary/aromatic N) is 1. The van der Waals surface area contributed by atoms with Gasteiger partial charge < -0.3 is 16.8 Å². The maximum absolute atomic E-state index is 10.5. The normalized spacial score (nSPS) is 10.6. The van der Waals surface area contributed by atoms with Crippen molar-refractivity contribution in [3.63, 3.8) is 0 Å². The van der Waals surface area contributed by atoms with Crippen LogP contribution in [0, 0.1) is 10.1 Å². The van der Waals surface area contributed by atoms with E-state index in [1.807, 2.05) is 12.2 Å². The van der Waals surface area contributed by atoms with Crippen LogP contribution in [0.4, 0.5) is 17.1 Å². The quantitative estimate of drug-likeness (QED) is 0.299. The first-order valence-corrected chi connectivity index (χ1v) is 4.78. The van der Waals surface area contributed by atoms with Gasteiger partial charge in [0, 0.05) is 24.8 Å². The van der Waals surface area contributed by atoms with Gasteiger partial charge in [-0.25, -0.2) is 0 Å². The fraction of sp³-hybridized carbons (Fsp3) is 0.200. The lowest BCUT2D eigenvalue weighted by molar-refractivity contribution is -0.383. The molecular weight excluding hydrogens is 208 g/mol. The molecule has 0 bridgehead atoms. The summed E-state index contributed by atoms with van der Waals surface area (Å²) in [5.74, 6) is 0. The number of nitro groups is 1. The van der Waals surface area contributed by atoms with Gasteiger partial charge in [-0.05, 0) is 12.1 Å². The smallest absolute Gasteiger partial charge is 0.292 e. The molecular formula is C10H14N4O2. The predicted molar refractivity (Wildman–Crippen MR) is 64.2 cm³/mol. The van der Waals surface area contributed by atoms with E-state index in [2.05, 4.69) is 5.32 Å². The van der Waals surface area contributed by atoms with Gasteiger partial charge in [0.05, 0.1) is 4.92 Å². The lowest BCUT2D eigenvalue weighted by Crippen LogP contribution is -2.02. The summed E-state index contributed by atoms with van der Waals surface area (Å²) in [5.41, 5.74) is 11.6. The van der Waals surface area contributed by atoms with Gasteiger partial charge in [-0.15, -0.1) is 0 Å². The van der Waals surface area contributed by atoms with Crippen LogP contribution in [0.25, 0.3) is 0 Å². The van der Waals surface area contributed by atoms with Crippen molar-refractivity contribution >= 4 is 17.1 Å². The largest absolute Gasteiger partial charge is 0.393 e. The molecule has 0 fully saturated rings. The summed E-state index contributed by atoms with van der Waals surface area (Å²) < 4.78 is 0. The summed E-state index contributed by atoms with van der Waals surface area (Å²) in [6.07, 6.45) is 3.69. The molecule has 0 aliphatic heterocycles. The highest BCUT2D eigenvalue weighted by molar-refractivity contribution is 5.65. The Labute approximate surface area is 93.1 Å². The van der Waals surface area contributed by atoms with Gasteiger partial charge in [-0.1, -0.05) is 12.2 Å². The Balaban J connectivity index is 2.66. The van der Waals surface area contributed by atoms with Gasteiger partial charge >= 0.3 is 0 Å². The van der Waals surface area contributed by atoms with Crippen molar-refractivity contribution in [2.45, 2.75) is 0 Å². The molecule has 1 aromatic carbocycles. The van der Waals surface area contributed by atoms with Crippen LogP contribution in [-0.4, -0.2) is 18.0 Å². The van der Waals surface area contributed by atoms with Gasteiger partial charge in [0.2, 0.25) is 0 Å². The minimum Gasteiger partial charge on any atom is -0.393 e. The second kappa shape index (κ2) is 5.72. The van der Waals surface area contributed by atoms with Crippen molar-refractivity contribution in [3.05, 3.63) is 40.5 Å². The number of nitrogens with two attached hydrogens (primary N) is 2. The fourth-order valence-corrected chi connectivity index (χ4v) is 1.19. The van der Waals surface area contributed by atoms with Crippen molar-refractivity contribution in [2.75, 3.05) is 24.1 Å². The van der Waals surface area contributed by atoms with E-state index in [0.29, 0.717) is 13.1 Å². The molecule has 1 aromatic rings. The number of nitrogens with one attached hydrogen (secondary N) is 1. The molecule has 0 atom stereocenters. The summed E-state index contributed by atoms with van der Waals surface area (Å²) in [4.78, 5) is 10.0. The van der Waals surface area contributed by atoms with E-state index in [9.17, 15) is 10.1 Å². The van der Waals surface area contributed by atoms with Crippen LogP contribution in [0.1, 0.15) is 0 Å². The Morgan fingerprint density at radius 2 is 2.19 bits per heavy atom. The van der Waals surface area contributed by atoms with Gasteiger partial charge in [0.25, 0.3) is 5.69 Å². The summed E-state index contributed by atoms with van der Waals surface area (Å²) in [7, 11) is 0. The van der Waals surface area contributed by atoms with Gasteiger partial charge in [-0.3, -0.25) is 10.1 Å². The Bertz CT molecular complexity index is 404. The van der Waals surface area contributed by atoms with Gasteiger partial charge in [-0.2, -0.15) is 0 Å². The highest BCUT2D eigenvalue weighted by Crippen LogP contribution is 2.24. The van der Waals surface area contributed by atoms with Crippen LogP contribution in [0.15, 0.2) is 30.4 Å². The Hall–Kier alpha value is -2.08. The Morgan fingerprint density at radius 1 is 1.44 bits per heavy atom. The molecule has 5 N–H and O–H groups in total. The molecule has 0 radical (unpaired) electrons. The monoisotopic (exact) mass is 222 g/mol. The van der Waals surface area contributed by atoms with Gasteiger partial charge in [0.1, 0.15) is 5.69 Å². The van der Waals surface area contributed by atoms with E-state index in [0.717, 1.165) is 5.69 Å². The van der Waals surface area contributed by atoms with Crippen LogP contribution < -0.4 is 16.8 Å². The molecule has 6 heteroatoms. The molecule has 0 aromatic heterocycles. The minimum absolute atomic E-state index is 0.0805. The molecule has 0 amide bonds. The third kappa shape index (κ3) is 3.25. The first-order valence-electron chi connectivity index (χ1n) is 4.78. The van der Waals surface area contributed by atoms with E-state index >= 15 is 0 Å². The second-order valence-corrected chi connectivity index (χ2v) is 3.12. The van der Waals surface area contributed by atoms with Crippen molar-refractivity contribution in [1.29, 1.82) is 0 Å². The molecule has 1 rings (SSSR count). The number of nitrogen functional groups attached to an aromatic ring is 1. The van der Waals surface area contributed by atoms with Crippen LogP contribution in [0.5, 0.6) is 0 Å². The summed E-state index contributed by atoms with van der Waals surface area (Å²) in [5, 5.41) is 13.6. The maximum atomic E-state index is 10.5. The van der Waals surface area contributed by atoms with Gasteiger partial charge in [0.15, 0.2) is 0 Å². The molecule has 0 saturated carbocycles. The topological polar surface area (TPSA) is 107 Å². The lowest BCUT2D eigenvalue weighted by atomic mass is 10.2. The predicted octanol–water partition coefficient (Wildman–Crippen LogP) is 1.10. The van der Waals surface area contributed by atoms with E-state index in [-0.39, 0.29) is 11.4 Å². The van der Waals surface area contributed by atoms with E-state index in [1.165, 1.54) is 12.1 Å².